The van der Waals surface area contributed by atoms with E-state index in [1.165, 1.54) is 0 Å². The molecular formula is C13H16BrN5O. The van der Waals surface area contributed by atoms with Gasteiger partial charge in [0.25, 0.3) is 0 Å². The monoisotopic (exact) mass is 337 g/mol. The fraction of sp³-hybridized carbons (Fsp3) is 0.308. The normalized spacial score (nSPS) is 10.7. The van der Waals surface area contributed by atoms with E-state index in [0.717, 1.165) is 15.7 Å². The fourth-order valence-electron chi connectivity index (χ4n) is 1.63. The molecule has 1 aromatic carbocycles. The minimum absolute atomic E-state index is 0.0298. The Morgan fingerprint density at radius 1 is 1.20 bits per heavy atom. The third kappa shape index (κ3) is 4.06. The van der Waals surface area contributed by atoms with Crippen molar-refractivity contribution >= 4 is 33.5 Å². The summed E-state index contributed by atoms with van der Waals surface area (Å²) >= 11 is 3.45. The number of hydrogen-bond donors (Lipinski definition) is 2. The summed E-state index contributed by atoms with van der Waals surface area (Å²) in [6, 6.07) is 6.13. The van der Waals surface area contributed by atoms with Crippen LogP contribution < -0.4 is 15.8 Å². The Balaban J connectivity index is 2.26. The quantitative estimate of drug-likeness (QED) is 0.891. The standard InChI is InChI=1S/C13H16BrN5O/c1-7(2)20-13-18-11(15)17-12(19-13)16-10-5-8(3)4-9(14)6-10/h4-7H,1-3H3,(H3,15,16,17,18,19). The van der Waals surface area contributed by atoms with Gasteiger partial charge >= 0.3 is 6.01 Å². The molecule has 0 radical (unpaired) electrons. The number of ether oxygens (including phenoxy) is 1. The molecule has 0 aliphatic rings. The first-order chi connectivity index (χ1) is 9.42. The number of benzene rings is 1. The molecule has 3 N–H and O–H groups in total. The molecule has 0 fully saturated rings. The van der Waals surface area contributed by atoms with E-state index in [2.05, 4.69) is 36.2 Å². The first kappa shape index (κ1) is 14.5. The van der Waals surface area contributed by atoms with Crippen LogP contribution in [0.25, 0.3) is 0 Å². The predicted molar refractivity (Wildman–Crippen MR) is 82.2 cm³/mol. The van der Waals surface area contributed by atoms with E-state index in [1.54, 1.807) is 0 Å². The van der Waals surface area contributed by atoms with E-state index in [-0.39, 0.29) is 18.1 Å². The van der Waals surface area contributed by atoms with Gasteiger partial charge in [0.05, 0.1) is 6.10 Å². The van der Waals surface area contributed by atoms with Crippen molar-refractivity contribution in [3.8, 4) is 6.01 Å². The topological polar surface area (TPSA) is 86.0 Å². The molecule has 0 unspecified atom stereocenters. The van der Waals surface area contributed by atoms with Crippen molar-refractivity contribution in [2.45, 2.75) is 26.9 Å². The summed E-state index contributed by atoms with van der Waals surface area (Å²) in [5.41, 5.74) is 7.63. The smallest absolute Gasteiger partial charge is 0.323 e. The number of hydrogen-bond acceptors (Lipinski definition) is 6. The molecule has 0 bridgehead atoms. The van der Waals surface area contributed by atoms with Gasteiger partial charge in [-0.2, -0.15) is 15.0 Å². The molecule has 2 rings (SSSR count). The van der Waals surface area contributed by atoms with Gasteiger partial charge in [0.2, 0.25) is 11.9 Å². The second-order valence-electron chi connectivity index (χ2n) is 4.61. The van der Waals surface area contributed by atoms with Crippen LogP contribution in [-0.2, 0) is 0 Å². The van der Waals surface area contributed by atoms with E-state index in [9.17, 15) is 0 Å². The SMILES string of the molecule is Cc1cc(Br)cc(Nc2nc(N)nc(OC(C)C)n2)c1. The van der Waals surface area contributed by atoms with Gasteiger partial charge < -0.3 is 15.8 Å². The molecule has 7 heteroatoms. The van der Waals surface area contributed by atoms with Crippen LogP contribution in [0.1, 0.15) is 19.4 Å². The lowest BCUT2D eigenvalue weighted by Crippen LogP contribution is -2.11. The number of rotatable bonds is 4. The summed E-state index contributed by atoms with van der Waals surface area (Å²) in [5, 5.41) is 3.09. The number of nitrogens with zero attached hydrogens (tertiary/aromatic N) is 3. The first-order valence-corrected chi connectivity index (χ1v) is 6.94. The van der Waals surface area contributed by atoms with Crippen molar-refractivity contribution in [1.29, 1.82) is 0 Å². The van der Waals surface area contributed by atoms with Crippen LogP contribution in [0.2, 0.25) is 0 Å². The number of aryl methyl sites for hydroxylation is 1. The molecule has 0 spiro atoms. The molecule has 20 heavy (non-hydrogen) atoms. The van der Waals surface area contributed by atoms with Crippen LogP contribution in [0.3, 0.4) is 0 Å². The molecule has 1 aromatic heterocycles. The molecule has 0 aliphatic heterocycles. The highest BCUT2D eigenvalue weighted by molar-refractivity contribution is 9.10. The highest BCUT2D eigenvalue weighted by atomic mass is 79.9. The average molecular weight is 338 g/mol. The largest absolute Gasteiger partial charge is 0.461 e. The molecule has 0 saturated heterocycles. The Morgan fingerprint density at radius 2 is 1.95 bits per heavy atom. The zero-order valence-corrected chi connectivity index (χ0v) is 13.1. The van der Waals surface area contributed by atoms with E-state index in [4.69, 9.17) is 10.5 Å². The zero-order chi connectivity index (χ0) is 14.7. The fourth-order valence-corrected chi connectivity index (χ4v) is 2.24. The third-order valence-corrected chi connectivity index (χ3v) is 2.73. The lowest BCUT2D eigenvalue weighted by Gasteiger charge is -2.10. The summed E-state index contributed by atoms with van der Waals surface area (Å²) in [6.07, 6.45) is -0.0298. The van der Waals surface area contributed by atoms with E-state index in [1.807, 2.05) is 39.0 Å². The Morgan fingerprint density at radius 3 is 2.60 bits per heavy atom. The molecule has 0 amide bonds. The summed E-state index contributed by atoms with van der Waals surface area (Å²) < 4.78 is 6.40. The number of nitrogen functional groups attached to an aromatic ring is 1. The van der Waals surface area contributed by atoms with Crippen molar-refractivity contribution in [3.05, 3.63) is 28.2 Å². The minimum atomic E-state index is -0.0298. The molecule has 0 saturated carbocycles. The van der Waals surface area contributed by atoms with E-state index >= 15 is 0 Å². The minimum Gasteiger partial charge on any atom is -0.461 e. The second-order valence-corrected chi connectivity index (χ2v) is 5.52. The molecule has 2 aromatic rings. The Kier molecular flexibility index (Phi) is 4.39. The van der Waals surface area contributed by atoms with Crippen LogP contribution >= 0.6 is 15.9 Å². The maximum Gasteiger partial charge on any atom is 0.323 e. The third-order valence-electron chi connectivity index (χ3n) is 2.27. The zero-order valence-electron chi connectivity index (χ0n) is 11.5. The van der Waals surface area contributed by atoms with Crippen molar-refractivity contribution in [2.75, 3.05) is 11.1 Å². The highest BCUT2D eigenvalue weighted by Crippen LogP contribution is 2.22. The molecule has 1 heterocycles. The molecule has 6 nitrogen and oxygen atoms in total. The molecule has 0 atom stereocenters. The van der Waals surface area contributed by atoms with Crippen LogP contribution in [0.4, 0.5) is 17.6 Å². The van der Waals surface area contributed by atoms with Crippen molar-refractivity contribution < 1.29 is 4.74 Å². The Labute approximate surface area is 125 Å². The van der Waals surface area contributed by atoms with E-state index in [0.29, 0.717) is 5.95 Å². The van der Waals surface area contributed by atoms with Crippen LogP contribution in [0, 0.1) is 6.92 Å². The summed E-state index contributed by atoms with van der Waals surface area (Å²) in [7, 11) is 0. The maximum absolute atomic E-state index is 5.66. The van der Waals surface area contributed by atoms with Gasteiger partial charge in [-0.15, -0.1) is 0 Å². The Hall–Kier alpha value is -1.89. The average Bonchev–Trinajstić information content (AvgIpc) is 2.24. The van der Waals surface area contributed by atoms with Crippen molar-refractivity contribution in [1.82, 2.24) is 15.0 Å². The van der Waals surface area contributed by atoms with Gasteiger partial charge in [-0.1, -0.05) is 15.9 Å². The van der Waals surface area contributed by atoms with Gasteiger partial charge in [0, 0.05) is 10.2 Å². The van der Waals surface area contributed by atoms with Gasteiger partial charge in [-0.25, -0.2) is 0 Å². The van der Waals surface area contributed by atoms with Crippen LogP contribution in [0.5, 0.6) is 6.01 Å². The van der Waals surface area contributed by atoms with E-state index < -0.39 is 0 Å². The van der Waals surface area contributed by atoms with Gasteiger partial charge in [-0.3, -0.25) is 0 Å². The second kappa shape index (κ2) is 6.04. The van der Waals surface area contributed by atoms with Crippen LogP contribution in [0.15, 0.2) is 22.7 Å². The van der Waals surface area contributed by atoms with Gasteiger partial charge in [0.1, 0.15) is 0 Å². The summed E-state index contributed by atoms with van der Waals surface area (Å²) in [6.45, 7) is 5.79. The van der Waals surface area contributed by atoms with Crippen molar-refractivity contribution in [3.63, 3.8) is 0 Å². The number of nitrogens with two attached hydrogens (primary N) is 1. The number of anilines is 3. The van der Waals surface area contributed by atoms with Crippen molar-refractivity contribution in [2.24, 2.45) is 0 Å². The first-order valence-electron chi connectivity index (χ1n) is 6.15. The number of aromatic nitrogens is 3. The molecule has 106 valence electrons. The van der Waals surface area contributed by atoms with Gasteiger partial charge in [0.15, 0.2) is 0 Å². The Bertz CT molecular complexity index is 597. The number of halogens is 1. The maximum atomic E-state index is 5.66. The van der Waals surface area contributed by atoms with Gasteiger partial charge in [-0.05, 0) is 44.5 Å². The predicted octanol–water partition coefficient (Wildman–Crippen LogP) is 3.06. The molecule has 0 aliphatic carbocycles. The molecular weight excluding hydrogens is 322 g/mol. The summed E-state index contributed by atoms with van der Waals surface area (Å²) in [5.74, 6) is 0.468. The highest BCUT2D eigenvalue weighted by Gasteiger charge is 2.08. The lowest BCUT2D eigenvalue weighted by atomic mass is 10.2. The number of nitrogens with one attached hydrogen (secondary N) is 1. The van der Waals surface area contributed by atoms with Crippen LogP contribution in [-0.4, -0.2) is 21.1 Å². The summed E-state index contributed by atoms with van der Waals surface area (Å²) in [4.78, 5) is 12.2. The lowest BCUT2D eigenvalue weighted by molar-refractivity contribution is 0.222.